The predicted molar refractivity (Wildman–Crippen MR) is 95.2 cm³/mol. The summed E-state index contributed by atoms with van der Waals surface area (Å²) in [4.78, 5) is 26.6. The zero-order valence-corrected chi connectivity index (χ0v) is 13.8. The SMILES string of the molecule is O=C(NNC(=O)c1cccc2ccccc12)c1cc2c(s1)CCC2. The molecule has 0 saturated carbocycles. The largest absolute Gasteiger partial charge is 0.279 e. The van der Waals surface area contributed by atoms with Crippen molar-refractivity contribution in [3.8, 4) is 0 Å². The Balaban J connectivity index is 1.48. The van der Waals surface area contributed by atoms with Crippen molar-refractivity contribution in [1.29, 1.82) is 0 Å². The molecule has 1 aliphatic rings. The van der Waals surface area contributed by atoms with Gasteiger partial charge in [-0.3, -0.25) is 20.4 Å². The number of hydrogen-bond donors (Lipinski definition) is 2. The van der Waals surface area contributed by atoms with E-state index in [1.54, 1.807) is 6.07 Å². The van der Waals surface area contributed by atoms with E-state index in [1.165, 1.54) is 28.2 Å². The number of carbonyl (C=O) groups excluding carboxylic acids is 2. The molecular formula is C19H16N2O2S. The molecular weight excluding hydrogens is 320 g/mol. The summed E-state index contributed by atoms with van der Waals surface area (Å²) in [6, 6.07) is 15.2. The second kappa shape index (κ2) is 6.09. The predicted octanol–water partition coefficient (Wildman–Crippen LogP) is 3.46. The average Bonchev–Trinajstić information content (AvgIpc) is 3.20. The number of amides is 2. The van der Waals surface area contributed by atoms with Crippen LogP contribution in [-0.2, 0) is 12.8 Å². The molecule has 0 aliphatic heterocycles. The third kappa shape index (κ3) is 2.67. The van der Waals surface area contributed by atoms with Crippen LogP contribution in [-0.4, -0.2) is 11.8 Å². The van der Waals surface area contributed by atoms with Crippen molar-refractivity contribution in [1.82, 2.24) is 10.9 Å². The molecule has 1 heterocycles. The average molecular weight is 336 g/mol. The van der Waals surface area contributed by atoms with Crippen LogP contribution in [0.5, 0.6) is 0 Å². The number of hydrazine groups is 1. The Morgan fingerprint density at radius 1 is 0.917 bits per heavy atom. The standard InChI is InChI=1S/C19H16N2O2S/c22-18(15-9-3-6-12-5-1-2-8-14(12)15)20-21-19(23)17-11-13-7-4-10-16(13)24-17/h1-3,5-6,8-9,11H,4,7,10H2,(H,20,22)(H,21,23). The van der Waals surface area contributed by atoms with Gasteiger partial charge in [-0.05, 0) is 47.7 Å². The van der Waals surface area contributed by atoms with E-state index in [1.807, 2.05) is 42.5 Å². The highest BCUT2D eigenvalue weighted by atomic mass is 32.1. The Labute approximate surface area is 143 Å². The summed E-state index contributed by atoms with van der Waals surface area (Å²) in [5.74, 6) is -0.577. The molecule has 0 atom stereocenters. The quantitative estimate of drug-likeness (QED) is 0.704. The van der Waals surface area contributed by atoms with E-state index in [0.29, 0.717) is 10.4 Å². The van der Waals surface area contributed by atoms with E-state index < -0.39 is 0 Å². The number of rotatable bonds is 2. The molecule has 0 unspecified atom stereocenters. The minimum absolute atomic E-state index is 0.261. The van der Waals surface area contributed by atoms with Crippen LogP contribution in [0.4, 0.5) is 0 Å². The fourth-order valence-corrected chi connectivity index (χ4v) is 4.26. The third-order valence-corrected chi connectivity index (χ3v) is 5.53. The van der Waals surface area contributed by atoms with Crippen LogP contribution < -0.4 is 10.9 Å². The van der Waals surface area contributed by atoms with Gasteiger partial charge in [0.05, 0.1) is 4.88 Å². The summed E-state index contributed by atoms with van der Waals surface area (Å²) in [7, 11) is 0. The molecule has 0 fully saturated rings. The molecule has 2 N–H and O–H groups in total. The van der Waals surface area contributed by atoms with Gasteiger partial charge in [0, 0.05) is 10.4 Å². The monoisotopic (exact) mass is 336 g/mol. The molecule has 0 bridgehead atoms. The molecule has 5 heteroatoms. The maximum atomic E-state index is 12.4. The van der Waals surface area contributed by atoms with Crippen molar-refractivity contribution >= 4 is 33.9 Å². The van der Waals surface area contributed by atoms with Gasteiger partial charge in [0.25, 0.3) is 11.8 Å². The highest BCUT2D eigenvalue weighted by Crippen LogP contribution is 2.30. The minimum Gasteiger partial charge on any atom is -0.267 e. The topological polar surface area (TPSA) is 58.2 Å². The van der Waals surface area contributed by atoms with Gasteiger partial charge in [-0.15, -0.1) is 11.3 Å². The molecule has 2 amide bonds. The first kappa shape index (κ1) is 14.9. The number of thiophene rings is 1. The van der Waals surface area contributed by atoms with Crippen molar-refractivity contribution in [3.63, 3.8) is 0 Å². The van der Waals surface area contributed by atoms with Gasteiger partial charge in [-0.2, -0.15) is 0 Å². The maximum Gasteiger partial charge on any atom is 0.279 e. The molecule has 4 rings (SSSR count). The lowest BCUT2D eigenvalue weighted by molar-refractivity contribution is 0.0850. The van der Waals surface area contributed by atoms with E-state index in [4.69, 9.17) is 0 Å². The lowest BCUT2D eigenvalue weighted by Gasteiger charge is -2.08. The first-order valence-corrected chi connectivity index (χ1v) is 8.74. The molecule has 1 aliphatic carbocycles. The van der Waals surface area contributed by atoms with Crippen molar-refractivity contribution in [2.75, 3.05) is 0 Å². The first-order chi connectivity index (χ1) is 11.7. The Morgan fingerprint density at radius 2 is 1.71 bits per heavy atom. The summed E-state index contributed by atoms with van der Waals surface area (Å²) >= 11 is 1.52. The number of hydrogen-bond acceptors (Lipinski definition) is 3. The Kier molecular flexibility index (Phi) is 3.78. The number of nitrogens with one attached hydrogen (secondary N) is 2. The van der Waals surface area contributed by atoms with E-state index in [2.05, 4.69) is 10.9 Å². The molecule has 0 radical (unpaired) electrons. The molecule has 4 nitrogen and oxygen atoms in total. The number of fused-ring (bicyclic) bond motifs is 2. The zero-order valence-electron chi connectivity index (χ0n) is 13.0. The minimum atomic E-state index is -0.316. The Bertz CT molecular complexity index is 919. The van der Waals surface area contributed by atoms with Gasteiger partial charge in [0.15, 0.2) is 0 Å². The van der Waals surface area contributed by atoms with Gasteiger partial charge < -0.3 is 0 Å². The smallest absolute Gasteiger partial charge is 0.267 e. The van der Waals surface area contributed by atoms with Crippen LogP contribution in [0.15, 0.2) is 48.5 Å². The molecule has 0 spiro atoms. The molecule has 120 valence electrons. The highest BCUT2D eigenvalue weighted by molar-refractivity contribution is 7.14. The first-order valence-electron chi connectivity index (χ1n) is 7.92. The van der Waals surface area contributed by atoms with E-state index in [-0.39, 0.29) is 11.8 Å². The van der Waals surface area contributed by atoms with Crippen LogP contribution in [0.25, 0.3) is 10.8 Å². The number of aryl methyl sites for hydroxylation is 2. The van der Waals surface area contributed by atoms with Crippen molar-refractivity contribution < 1.29 is 9.59 Å². The van der Waals surface area contributed by atoms with E-state index >= 15 is 0 Å². The summed E-state index contributed by atoms with van der Waals surface area (Å²) in [5.41, 5.74) is 6.86. The number of carbonyl (C=O) groups is 2. The number of benzene rings is 2. The summed E-state index contributed by atoms with van der Waals surface area (Å²) in [6.45, 7) is 0. The zero-order chi connectivity index (χ0) is 16.5. The van der Waals surface area contributed by atoms with E-state index in [9.17, 15) is 9.59 Å². The van der Waals surface area contributed by atoms with Crippen LogP contribution in [0.2, 0.25) is 0 Å². The fourth-order valence-electron chi connectivity index (χ4n) is 3.11. The van der Waals surface area contributed by atoms with Crippen LogP contribution in [0.3, 0.4) is 0 Å². The van der Waals surface area contributed by atoms with Crippen molar-refractivity contribution in [3.05, 3.63) is 69.4 Å². The Hall–Kier alpha value is -2.66. The maximum absolute atomic E-state index is 12.4. The van der Waals surface area contributed by atoms with Gasteiger partial charge in [0.2, 0.25) is 0 Å². The van der Waals surface area contributed by atoms with Crippen LogP contribution >= 0.6 is 11.3 Å². The van der Waals surface area contributed by atoms with Crippen molar-refractivity contribution in [2.45, 2.75) is 19.3 Å². The van der Waals surface area contributed by atoms with E-state index in [0.717, 1.165) is 23.6 Å². The second-order valence-electron chi connectivity index (χ2n) is 5.85. The third-order valence-electron chi connectivity index (χ3n) is 4.29. The van der Waals surface area contributed by atoms with Gasteiger partial charge in [-0.25, -0.2) is 0 Å². The lowest BCUT2D eigenvalue weighted by atomic mass is 10.0. The molecule has 2 aromatic carbocycles. The highest BCUT2D eigenvalue weighted by Gasteiger charge is 2.19. The second-order valence-corrected chi connectivity index (χ2v) is 6.98. The molecule has 24 heavy (non-hydrogen) atoms. The molecule has 0 saturated heterocycles. The van der Waals surface area contributed by atoms with Gasteiger partial charge in [-0.1, -0.05) is 36.4 Å². The van der Waals surface area contributed by atoms with Crippen LogP contribution in [0.1, 0.15) is 36.9 Å². The Morgan fingerprint density at radius 3 is 2.58 bits per heavy atom. The van der Waals surface area contributed by atoms with Gasteiger partial charge >= 0.3 is 0 Å². The van der Waals surface area contributed by atoms with Crippen LogP contribution in [0, 0.1) is 0 Å². The summed E-state index contributed by atoms with van der Waals surface area (Å²) in [6.07, 6.45) is 3.26. The molecule has 3 aromatic rings. The summed E-state index contributed by atoms with van der Waals surface area (Å²) in [5, 5.41) is 1.85. The van der Waals surface area contributed by atoms with Crippen molar-refractivity contribution in [2.24, 2.45) is 0 Å². The van der Waals surface area contributed by atoms with Gasteiger partial charge in [0.1, 0.15) is 0 Å². The fraction of sp³-hybridized carbons (Fsp3) is 0.158. The molecule has 1 aromatic heterocycles. The normalized spacial score (nSPS) is 12.8. The lowest BCUT2D eigenvalue weighted by Crippen LogP contribution is -2.41. The summed E-state index contributed by atoms with van der Waals surface area (Å²) < 4.78 is 0.